The first-order chi connectivity index (χ1) is 20.9. The topological polar surface area (TPSA) is 122 Å². The highest BCUT2D eigenvalue weighted by atomic mass is 35.5. The molecule has 0 bridgehead atoms. The number of imidazole rings is 1. The molecule has 2 aliphatic carbocycles. The molecule has 0 spiro atoms. The highest BCUT2D eigenvalue weighted by molar-refractivity contribution is 7.89. The fourth-order valence-corrected chi connectivity index (χ4v) is 5.95. The van der Waals surface area contributed by atoms with E-state index in [2.05, 4.69) is 25.6 Å². The molecule has 3 aromatic rings. The van der Waals surface area contributed by atoms with Crippen LogP contribution in [0.1, 0.15) is 24.8 Å². The van der Waals surface area contributed by atoms with Crippen molar-refractivity contribution < 1.29 is 13.2 Å². The summed E-state index contributed by atoms with van der Waals surface area (Å²) >= 11 is 12.5. The molecule has 0 fully saturated rings. The number of fused-ring (bicyclic) bond motifs is 1. The number of anilines is 4. The number of nitrogens with zero attached hydrogens (tertiary/aromatic N) is 5. The summed E-state index contributed by atoms with van der Waals surface area (Å²) in [5.74, 6) is 1.27. The Morgan fingerprint density at radius 2 is 1.84 bits per heavy atom. The maximum absolute atomic E-state index is 12.9. The number of amides is 1. The molecule has 5 rings (SSSR count). The van der Waals surface area contributed by atoms with Crippen LogP contribution in [0.15, 0.2) is 82.2 Å². The van der Waals surface area contributed by atoms with Crippen LogP contribution in [0.4, 0.5) is 23.4 Å². The number of allylic oxidation sites excluding steroid dienone is 7. The van der Waals surface area contributed by atoms with Crippen LogP contribution < -0.4 is 26.2 Å². The Labute approximate surface area is 265 Å². The average Bonchev–Trinajstić information content (AvgIpc) is 3.09. The van der Waals surface area contributed by atoms with Gasteiger partial charge in [0.05, 0.1) is 22.9 Å². The molecule has 228 valence electrons. The number of sulfone groups is 1. The first-order valence-corrected chi connectivity index (χ1v) is 16.5. The minimum Gasteiger partial charge on any atom is -0.333 e. The highest BCUT2D eigenvalue weighted by Crippen LogP contribution is 2.26. The maximum atomic E-state index is 12.9. The van der Waals surface area contributed by atoms with Crippen molar-refractivity contribution in [2.24, 2.45) is 7.05 Å². The van der Waals surface area contributed by atoms with E-state index < -0.39 is 9.84 Å². The highest BCUT2D eigenvalue weighted by Gasteiger charge is 2.16. The van der Waals surface area contributed by atoms with Crippen LogP contribution in [-0.4, -0.2) is 47.1 Å². The molecule has 0 saturated heterocycles. The molecular weight excluding hydrogens is 621 g/mol. The molecule has 0 unspecified atom stereocenters. The summed E-state index contributed by atoms with van der Waals surface area (Å²) in [5.41, 5.74) is 3.09. The van der Waals surface area contributed by atoms with Gasteiger partial charge >= 0.3 is 0 Å². The van der Waals surface area contributed by atoms with Crippen LogP contribution in [-0.2, 0) is 27.4 Å². The first-order valence-electron chi connectivity index (χ1n) is 13.7. The van der Waals surface area contributed by atoms with Crippen molar-refractivity contribution in [3.63, 3.8) is 0 Å². The van der Waals surface area contributed by atoms with Gasteiger partial charge in [0.25, 0.3) is 0 Å². The van der Waals surface area contributed by atoms with Crippen LogP contribution in [0, 0.1) is 0 Å². The van der Waals surface area contributed by atoms with E-state index in [1.54, 1.807) is 36.5 Å². The molecular formula is C31H31Cl2N7O3S. The number of aromatic nitrogens is 4. The number of hydrogen-bond donors (Lipinski definition) is 2. The van der Waals surface area contributed by atoms with Crippen molar-refractivity contribution >= 4 is 74.5 Å². The zero-order valence-electron chi connectivity index (χ0n) is 24.4. The van der Waals surface area contributed by atoms with Gasteiger partial charge in [-0.25, -0.2) is 18.4 Å². The third kappa shape index (κ3) is 7.85. The van der Waals surface area contributed by atoms with Gasteiger partial charge < -0.3 is 14.8 Å². The van der Waals surface area contributed by atoms with Gasteiger partial charge in [-0.15, -0.1) is 0 Å². The molecule has 0 aliphatic heterocycles. The van der Waals surface area contributed by atoms with E-state index in [0.29, 0.717) is 51.8 Å². The van der Waals surface area contributed by atoms with Gasteiger partial charge in [-0.1, -0.05) is 53.6 Å². The van der Waals surface area contributed by atoms with Gasteiger partial charge in [0.2, 0.25) is 17.8 Å². The monoisotopic (exact) mass is 651 g/mol. The Balaban J connectivity index is 1.28. The van der Waals surface area contributed by atoms with Crippen LogP contribution in [0.5, 0.6) is 0 Å². The van der Waals surface area contributed by atoms with E-state index >= 15 is 0 Å². The number of benzene rings is 1. The van der Waals surface area contributed by atoms with E-state index in [-0.39, 0.29) is 18.1 Å². The quantitative estimate of drug-likeness (QED) is 0.349. The van der Waals surface area contributed by atoms with Crippen LogP contribution in [0.3, 0.4) is 0 Å². The van der Waals surface area contributed by atoms with Crippen molar-refractivity contribution in [2.45, 2.75) is 25.0 Å². The predicted molar refractivity (Wildman–Crippen MR) is 177 cm³/mol. The third-order valence-electron chi connectivity index (χ3n) is 6.99. The number of halogens is 2. The second-order valence-corrected chi connectivity index (χ2v) is 13.4. The molecule has 0 atom stereocenters. The van der Waals surface area contributed by atoms with E-state index in [9.17, 15) is 13.2 Å². The molecule has 2 N–H and O–H groups in total. The normalized spacial score (nSPS) is 14.8. The smallest absolute Gasteiger partial charge is 0.231 e. The van der Waals surface area contributed by atoms with Gasteiger partial charge in [-0.2, -0.15) is 4.98 Å². The van der Waals surface area contributed by atoms with Crippen LogP contribution in [0.2, 0.25) is 0 Å². The zero-order valence-corrected chi connectivity index (χ0v) is 26.7. The lowest BCUT2D eigenvalue weighted by Gasteiger charge is -2.21. The molecule has 0 saturated carbocycles. The van der Waals surface area contributed by atoms with E-state index in [0.717, 1.165) is 22.1 Å². The van der Waals surface area contributed by atoms with E-state index in [1.165, 1.54) is 6.26 Å². The number of hydrogen-bond acceptors (Lipinski definition) is 8. The number of rotatable bonds is 9. The van der Waals surface area contributed by atoms with Crippen molar-refractivity contribution in [1.29, 1.82) is 0 Å². The molecule has 13 heteroatoms. The second-order valence-electron chi connectivity index (χ2n) is 10.5. The van der Waals surface area contributed by atoms with Crippen molar-refractivity contribution in [2.75, 3.05) is 28.8 Å². The summed E-state index contributed by atoms with van der Waals surface area (Å²) in [4.78, 5) is 28.5. The fourth-order valence-electron chi connectivity index (χ4n) is 4.72. The Kier molecular flexibility index (Phi) is 9.38. The summed E-state index contributed by atoms with van der Waals surface area (Å²) in [6.07, 6.45) is 15.5. The second kappa shape index (κ2) is 13.2. The van der Waals surface area contributed by atoms with E-state index in [1.807, 2.05) is 60.0 Å². The Morgan fingerprint density at radius 1 is 1.07 bits per heavy atom. The van der Waals surface area contributed by atoms with Gasteiger partial charge in [0, 0.05) is 54.4 Å². The van der Waals surface area contributed by atoms with Crippen molar-refractivity contribution in [3.05, 3.63) is 98.4 Å². The molecule has 2 heterocycles. The summed E-state index contributed by atoms with van der Waals surface area (Å²) in [6.45, 7) is 0. The number of nitrogens with one attached hydrogen (secondary N) is 2. The standard InChI is InChI=1S/C31H31Cl2N7O3S/c1-39(28-15-16-34-30(37-28)35-23-9-7-20(8-10-23)19-44(3,42)43)24-11-13-26-27(14-12-24)40(2)31(36-26)38-29(41)18-21-17-22(32)5-4-6-25(21)33/h5-10,12-17H,4,11,18-19H2,1-3H3,(H,34,35,37)(H,36,38,41). The van der Waals surface area contributed by atoms with Gasteiger partial charge in [0.1, 0.15) is 5.82 Å². The zero-order chi connectivity index (χ0) is 31.4. The molecule has 10 nitrogen and oxygen atoms in total. The van der Waals surface area contributed by atoms with E-state index in [4.69, 9.17) is 23.2 Å². The largest absolute Gasteiger partial charge is 0.333 e. The molecule has 44 heavy (non-hydrogen) atoms. The molecule has 0 radical (unpaired) electrons. The molecule has 2 aromatic heterocycles. The lowest BCUT2D eigenvalue weighted by molar-refractivity contribution is -0.115. The molecule has 1 amide bonds. The molecule has 1 aromatic carbocycles. The first kappa shape index (κ1) is 31.2. The SMILES string of the molecule is CN(C1=CC=c2c(nc(NC(=O)CC3=CC(Cl)=CCC=C3Cl)n2C)=CC1)c1ccnc(Nc2ccc(CS(C)(=O)=O)cc2)n1. The van der Waals surface area contributed by atoms with Crippen molar-refractivity contribution in [1.82, 2.24) is 19.5 Å². The number of carbonyl (C=O) groups excluding carboxylic acids is 1. The van der Waals surface area contributed by atoms with Crippen molar-refractivity contribution in [3.8, 4) is 0 Å². The van der Waals surface area contributed by atoms with Crippen LogP contribution >= 0.6 is 23.2 Å². The minimum atomic E-state index is -3.11. The fraction of sp³-hybridized carbons (Fsp3) is 0.226. The van der Waals surface area contributed by atoms with Crippen LogP contribution in [0.25, 0.3) is 12.2 Å². The lowest BCUT2D eigenvalue weighted by atomic mass is 10.1. The summed E-state index contributed by atoms with van der Waals surface area (Å²) in [5, 5.41) is 8.73. The average molecular weight is 653 g/mol. The summed E-state index contributed by atoms with van der Waals surface area (Å²) < 4.78 is 24.9. The van der Waals surface area contributed by atoms with Gasteiger partial charge in [0.15, 0.2) is 9.84 Å². The third-order valence-corrected chi connectivity index (χ3v) is 8.51. The minimum absolute atomic E-state index is 0.0121. The summed E-state index contributed by atoms with van der Waals surface area (Å²) in [6, 6.07) is 8.94. The Hall–Kier alpha value is -4.19. The lowest BCUT2D eigenvalue weighted by Crippen LogP contribution is -2.28. The summed E-state index contributed by atoms with van der Waals surface area (Å²) in [7, 11) is 0.672. The predicted octanol–water partition coefficient (Wildman–Crippen LogP) is 4.39. The van der Waals surface area contributed by atoms with Gasteiger partial charge in [-0.05, 0) is 54.0 Å². The Bertz CT molecular complexity index is 1960. The number of carbonyl (C=O) groups is 1. The Morgan fingerprint density at radius 3 is 2.59 bits per heavy atom. The maximum Gasteiger partial charge on any atom is 0.231 e. The van der Waals surface area contributed by atoms with Gasteiger partial charge in [-0.3, -0.25) is 10.1 Å². The molecule has 2 aliphatic rings.